The molecule has 4 aliphatic rings. The topological polar surface area (TPSA) is 88.6 Å². The number of hydrogen-bond donors (Lipinski definition) is 1. The SMILES string of the molecule is O=C(c1nc(CC2CCCCC2)c(-c2ccc(S(=O)(=O)NC3CCOCC3)c3ccccc23)s1)N1CC2(CCCCC2)C1. The number of sulfonamides is 1. The minimum absolute atomic E-state index is 0.0570. The van der Waals surface area contributed by atoms with Crippen molar-refractivity contribution in [2.24, 2.45) is 11.3 Å². The molecule has 7 rings (SSSR count). The molecule has 1 N–H and O–H groups in total. The zero-order chi connectivity index (χ0) is 29.4. The Labute approximate surface area is 259 Å². The Hall–Kier alpha value is -2.33. The predicted molar refractivity (Wildman–Crippen MR) is 171 cm³/mol. The second-order valence-electron chi connectivity index (χ2n) is 13.4. The van der Waals surface area contributed by atoms with Gasteiger partial charge in [0.2, 0.25) is 10.0 Å². The minimum atomic E-state index is -3.73. The lowest BCUT2D eigenvalue weighted by Crippen LogP contribution is -2.59. The van der Waals surface area contributed by atoms with Crippen LogP contribution in [-0.4, -0.2) is 56.6 Å². The molecule has 2 saturated heterocycles. The maximum atomic E-state index is 13.8. The summed E-state index contributed by atoms with van der Waals surface area (Å²) >= 11 is 1.50. The summed E-state index contributed by atoms with van der Waals surface area (Å²) in [6.45, 7) is 2.85. The second kappa shape index (κ2) is 12.2. The Morgan fingerprint density at radius 1 is 0.930 bits per heavy atom. The third-order valence-electron chi connectivity index (χ3n) is 10.3. The van der Waals surface area contributed by atoms with Crippen molar-refractivity contribution in [1.29, 1.82) is 0 Å². The molecule has 9 heteroatoms. The van der Waals surface area contributed by atoms with Crippen molar-refractivity contribution >= 4 is 38.0 Å². The summed E-state index contributed by atoms with van der Waals surface area (Å²) in [5.41, 5.74) is 2.29. The fourth-order valence-electron chi connectivity index (χ4n) is 7.92. The van der Waals surface area contributed by atoms with Crippen molar-refractivity contribution in [2.45, 2.75) is 94.4 Å². The molecular formula is C34H43N3O4S2. The Kier molecular flexibility index (Phi) is 8.35. The van der Waals surface area contributed by atoms with Gasteiger partial charge in [0.15, 0.2) is 5.01 Å². The number of hydrogen-bond acceptors (Lipinski definition) is 6. The van der Waals surface area contributed by atoms with Crippen molar-refractivity contribution in [2.75, 3.05) is 26.3 Å². The molecule has 0 unspecified atom stereocenters. The number of carbonyl (C=O) groups is 1. The van der Waals surface area contributed by atoms with Crippen molar-refractivity contribution in [3.63, 3.8) is 0 Å². The van der Waals surface area contributed by atoms with Gasteiger partial charge in [-0.25, -0.2) is 18.1 Å². The van der Waals surface area contributed by atoms with Crippen LogP contribution in [-0.2, 0) is 21.2 Å². The van der Waals surface area contributed by atoms with Crippen LogP contribution in [0, 0.1) is 11.3 Å². The van der Waals surface area contributed by atoms with E-state index in [2.05, 4.69) is 4.72 Å². The molecule has 0 radical (unpaired) electrons. The number of nitrogens with zero attached hydrogens (tertiary/aromatic N) is 2. The van der Waals surface area contributed by atoms with Crippen molar-refractivity contribution in [3.05, 3.63) is 47.1 Å². The van der Waals surface area contributed by atoms with E-state index < -0.39 is 10.0 Å². The van der Waals surface area contributed by atoms with Gasteiger partial charge in [-0.05, 0) is 49.5 Å². The molecule has 1 spiro atoms. The van der Waals surface area contributed by atoms with Gasteiger partial charge < -0.3 is 9.64 Å². The Morgan fingerprint density at radius 3 is 2.37 bits per heavy atom. The minimum Gasteiger partial charge on any atom is -0.381 e. The first-order valence-corrected chi connectivity index (χ1v) is 18.6. The summed E-state index contributed by atoms with van der Waals surface area (Å²) < 4.78 is 35.6. The first kappa shape index (κ1) is 29.4. The molecule has 230 valence electrons. The van der Waals surface area contributed by atoms with E-state index in [9.17, 15) is 13.2 Å². The van der Waals surface area contributed by atoms with Crippen LogP contribution in [0.2, 0.25) is 0 Å². The number of aromatic nitrogens is 1. The van der Waals surface area contributed by atoms with E-state index in [1.807, 2.05) is 35.2 Å². The number of ether oxygens (including phenoxy) is 1. The predicted octanol–water partition coefficient (Wildman–Crippen LogP) is 6.95. The molecule has 0 bridgehead atoms. The zero-order valence-electron chi connectivity index (χ0n) is 25.0. The average Bonchev–Trinajstić information content (AvgIpc) is 3.43. The molecule has 1 aromatic heterocycles. The average molecular weight is 622 g/mol. The second-order valence-corrected chi connectivity index (χ2v) is 16.1. The highest BCUT2D eigenvalue weighted by Crippen LogP contribution is 2.45. The van der Waals surface area contributed by atoms with Gasteiger partial charge in [0.25, 0.3) is 5.91 Å². The van der Waals surface area contributed by atoms with Gasteiger partial charge in [0, 0.05) is 48.7 Å². The standard InChI is InChI=1S/C34H43N3O4S2/c38-33(37-22-34(23-37)17-7-2-8-18-34)32-35-29(21-24-9-3-1-4-10-24)31(42-32)28-13-14-30(27-12-6-5-11-26(27)28)43(39,40)36-25-15-19-41-20-16-25/h5-6,11-14,24-25,36H,1-4,7-10,15-23H2. The molecule has 3 heterocycles. The van der Waals surface area contributed by atoms with Crippen molar-refractivity contribution in [1.82, 2.24) is 14.6 Å². The van der Waals surface area contributed by atoms with E-state index in [0.717, 1.165) is 41.0 Å². The smallest absolute Gasteiger partial charge is 0.282 e. The van der Waals surface area contributed by atoms with Gasteiger partial charge in [-0.1, -0.05) is 81.7 Å². The summed E-state index contributed by atoms with van der Waals surface area (Å²) in [7, 11) is -3.73. The molecule has 7 nitrogen and oxygen atoms in total. The highest BCUT2D eigenvalue weighted by atomic mass is 32.2. The fraction of sp³-hybridized carbons (Fsp3) is 0.588. The molecule has 3 aromatic rings. The summed E-state index contributed by atoms with van der Waals surface area (Å²) in [6.07, 6.45) is 14.7. The van der Waals surface area contributed by atoms with E-state index in [-0.39, 0.29) is 11.9 Å². The maximum absolute atomic E-state index is 13.8. The first-order chi connectivity index (χ1) is 20.9. The lowest BCUT2D eigenvalue weighted by molar-refractivity contribution is -0.0154. The molecule has 1 amide bonds. The lowest BCUT2D eigenvalue weighted by Gasteiger charge is -2.52. The molecule has 0 atom stereocenters. The van der Waals surface area contributed by atoms with Crippen LogP contribution in [0.4, 0.5) is 0 Å². The number of thiazole rings is 1. The Bertz CT molecular complexity index is 1570. The van der Waals surface area contributed by atoms with Crippen LogP contribution in [0.1, 0.15) is 92.5 Å². The van der Waals surface area contributed by atoms with E-state index in [1.165, 1.54) is 75.5 Å². The van der Waals surface area contributed by atoms with E-state index in [0.29, 0.717) is 52.7 Å². The first-order valence-electron chi connectivity index (χ1n) is 16.3. The van der Waals surface area contributed by atoms with Gasteiger partial charge in [-0.3, -0.25) is 4.79 Å². The van der Waals surface area contributed by atoms with Crippen LogP contribution in [0.3, 0.4) is 0 Å². The number of likely N-dealkylation sites (tertiary alicyclic amines) is 1. The molecule has 4 fully saturated rings. The van der Waals surface area contributed by atoms with E-state index >= 15 is 0 Å². The normalized spacial score (nSPS) is 21.7. The van der Waals surface area contributed by atoms with Crippen LogP contribution in [0.15, 0.2) is 41.3 Å². The highest BCUT2D eigenvalue weighted by molar-refractivity contribution is 7.89. The third kappa shape index (κ3) is 6.02. The zero-order valence-corrected chi connectivity index (χ0v) is 26.6. The third-order valence-corrected chi connectivity index (χ3v) is 13.0. The Balaban J connectivity index is 1.23. The van der Waals surface area contributed by atoms with E-state index in [4.69, 9.17) is 9.72 Å². The number of nitrogens with one attached hydrogen (secondary N) is 1. The van der Waals surface area contributed by atoms with Crippen molar-refractivity contribution < 1.29 is 17.9 Å². The van der Waals surface area contributed by atoms with E-state index in [1.54, 1.807) is 6.07 Å². The van der Waals surface area contributed by atoms with Gasteiger partial charge in [0.05, 0.1) is 15.5 Å². The van der Waals surface area contributed by atoms with Crippen LogP contribution in [0.5, 0.6) is 0 Å². The molecule has 2 aliphatic heterocycles. The van der Waals surface area contributed by atoms with Gasteiger partial charge in [-0.2, -0.15) is 0 Å². The summed E-state index contributed by atoms with van der Waals surface area (Å²) in [6, 6.07) is 11.3. The number of carbonyl (C=O) groups excluding carboxylic acids is 1. The summed E-state index contributed by atoms with van der Waals surface area (Å²) in [5.74, 6) is 0.628. The fourth-order valence-corrected chi connectivity index (χ4v) is 10.5. The van der Waals surface area contributed by atoms with Gasteiger partial charge >= 0.3 is 0 Å². The van der Waals surface area contributed by atoms with Crippen LogP contribution < -0.4 is 4.72 Å². The lowest BCUT2D eigenvalue weighted by atomic mass is 9.68. The van der Waals surface area contributed by atoms with Gasteiger partial charge in [-0.15, -0.1) is 11.3 Å². The number of fused-ring (bicyclic) bond motifs is 1. The number of amides is 1. The molecule has 43 heavy (non-hydrogen) atoms. The summed E-state index contributed by atoms with van der Waals surface area (Å²) in [5, 5.41) is 2.16. The van der Waals surface area contributed by atoms with Crippen LogP contribution >= 0.6 is 11.3 Å². The monoisotopic (exact) mass is 621 g/mol. The highest BCUT2D eigenvalue weighted by Gasteiger charge is 2.46. The quantitative estimate of drug-likeness (QED) is 0.309. The van der Waals surface area contributed by atoms with Gasteiger partial charge in [0.1, 0.15) is 0 Å². The Morgan fingerprint density at radius 2 is 1.63 bits per heavy atom. The van der Waals surface area contributed by atoms with Crippen LogP contribution in [0.25, 0.3) is 21.2 Å². The molecule has 2 aromatic carbocycles. The van der Waals surface area contributed by atoms with Crippen molar-refractivity contribution in [3.8, 4) is 10.4 Å². The molecular weight excluding hydrogens is 579 g/mol. The molecule has 2 saturated carbocycles. The molecule has 2 aliphatic carbocycles. The largest absolute Gasteiger partial charge is 0.381 e. The number of rotatable bonds is 7. The maximum Gasteiger partial charge on any atom is 0.282 e. The number of benzene rings is 2. The summed E-state index contributed by atoms with van der Waals surface area (Å²) in [4.78, 5) is 22.1.